The lowest BCUT2D eigenvalue weighted by atomic mass is 10.2. The second kappa shape index (κ2) is 7.41. The second-order valence-corrected chi connectivity index (χ2v) is 5.80. The SMILES string of the molecule is CNc1cc(C)ncc1C(=O)NCCN(C)C1CCCC1. The van der Waals surface area contributed by atoms with E-state index in [0.29, 0.717) is 18.2 Å². The van der Waals surface area contributed by atoms with Crippen LogP contribution in [0.5, 0.6) is 0 Å². The van der Waals surface area contributed by atoms with E-state index in [9.17, 15) is 4.79 Å². The maximum Gasteiger partial charge on any atom is 0.254 e. The van der Waals surface area contributed by atoms with Crippen LogP contribution in [-0.2, 0) is 0 Å². The number of hydrogen-bond donors (Lipinski definition) is 2. The number of nitrogens with zero attached hydrogens (tertiary/aromatic N) is 2. The van der Waals surface area contributed by atoms with Gasteiger partial charge in [-0.1, -0.05) is 12.8 Å². The minimum Gasteiger partial charge on any atom is -0.387 e. The molecule has 1 aromatic heterocycles. The maximum atomic E-state index is 12.2. The zero-order chi connectivity index (χ0) is 15.2. The molecule has 0 unspecified atom stereocenters. The number of anilines is 1. The zero-order valence-corrected chi connectivity index (χ0v) is 13.3. The van der Waals surface area contributed by atoms with Crippen molar-refractivity contribution in [2.24, 2.45) is 0 Å². The van der Waals surface area contributed by atoms with E-state index < -0.39 is 0 Å². The molecule has 0 saturated heterocycles. The fraction of sp³-hybridized carbons (Fsp3) is 0.625. The molecule has 0 spiro atoms. The Labute approximate surface area is 127 Å². The van der Waals surface area contributed by atoms with Crippen LogP contribution in [-0.4, -0.2) is 49.0 Å². The van der Waals surface area contributed by atoms with Gasteiger partial charge in [0.2, 0.25) is 0 Å². The number of amides is 1. The molecule has 116 valence electrons. The van der Waals surface area contributed by atoms with Crippen molar-refractivity contribution in [1.29, 1.82) is 0 Å². The van der Waals surface area contributed by atoms with E-state index in [0.717, 1.165) is 17.9 Å². The van der Waals surface area contributed by atoms with Gasteiger partial charge in [-0.05, 0) is 32.9 Å². The van der Waals surface area contributed by atoms with Crippen LogP contribution in [0.4, 0.5) is 5.69 Å². The molecule has 1 saturated carbocycles. The molecule has 0 aliphatic heterocycles. The van der Waals surface area contributed by atoms with Gasteiger partial charge in [0, 0.05) is 38.1 Å². The molecule has 1 aliphatic carbocycles. The van der Waals surface area contributed by atoms with Crippen molar-refractivity contribution < 1.29 is 4.79 Å². The van der Waals surface area contributed by atoms with E-state index in [4.69, 9.17) is 0 Å². The van der Waals surface area contributed by atoms with Crippen LogP contribution in [0, 0.1) is 6.92 Å². The molecule has 1 aromatic rings. The number of nitrogens with one attached hydrogen (secondary N) is 2. The highest BCUT2D eigenvalue weighted by molar-refractivity contribution is 5.99. The fourth-order valence-corrected chi connectivity index (χ4v) is 2.92. The number of carbonyl (C=O) groups excluding carboxylic acids is 1. The van der Waals surface area contributed by atoms with Gasteiger partial charge in [0.05, 0.1) is 11.3 Å². The highest BCUT2D eigenvalue weighted by atomic mass is 16.1. The third-order valence-corrected chi connectivity index (χ3v) is 4.25. The highest BCUT2D eigenvalue weighted by Gasteiger charge is 2.19. The van der Waals surface area contributed by atoms with Crippen molar-refractivity contribution in [2.45, 2.75) is 38.6 Å². The first-order valence-corrected chi connectivity index (χ1v) is 7.74. The minimum absolute atomic E-state index is 0.0633. The first-order valence-electron chi connectivity index (χ1n) is 7.74. The molecular weight excluding hydrogens is 264 g/mol. The Morgan fingerprint density at radius 3 is 2.81 bits per heavy atom. The van der Waals surface area contributed by atoms with Gasteiger partial charge in [-0.25, -0.2) is 0 Å². The van der Waals surface area contributed by atoms with Gasteiger partial charge in [0.25, 0.3) is 5.91 Å². The van der Waals surface area contributed by atoms with Crippen molar-refractivity contribution in [3.05, 3.63) is 23.5 Å². The summed E-state index contributed by atoms with van der Waals surface area (Å²) in [5.74, 6) is -0.0633. The van der Waals surface area contributed by atoms with E-state index in [1.165, 1.54) is 25.7 Å². The molecule has 5 heteroatoms. The van der Waals surface area contributed by atoms with Crippen LogP contribution in [0.3, 0.4) is 0 Å². The smallest absolute Gasteiger partial charge is 0.254 e. The Hall–Kier alpha value is -1.62. The summed E-state index contributed by atoms with van der Waals surface area (Å²) < 4.78 is 0. The molecule has 0 atom stereocenters. The lowest BCUT2D eigenvalue weighted by Crippen LogP contribution is -2.37. The van der Waals surface area contributed by atoms with Gasteiger partial charge in [-0.2, -0.15) is 0 Å². The molecule has 0 bridgehead atoms. The summed E-state index contributed by atoms with van der Waals surface area (Å²) in [4.78, 5) is 18.8. The first-order chi connectivity index (χ1) is 10.1. The zero-order valence-electron chi connectivity index (χ0n) is 13.3. The van der Waals surface area contributed by atoms with Gasteiger partial charge in [0.15, 0.2) is 0 Å². The Kier molecular flexibility index (Phi) is 5.56. The third-order valence-electron chi connectivity index (χ3n) is 4.25. The molecule has 1 heterocycles. The largest absolute Gasteiger partial charge is 0.387 e. The van der Waals surface area contributed by atoms with Crippen LogP contribution >= 0.6 is 0 Å². The van der Waals surface area contributed by atoms with Crippen LogP contribution in [0.25, 0.3) is 0 Å². The van der Waals surface area contributed by atoms with Crippen LogP contribution < -0.4 is 10.6 Å². The average Bonchev–Trinajstić information content (AvgIpc) is 3.01. The predicted octanol–water partition coefficient (Wildman–Crippen LogP) is 2.04. The van der Waals surface area contributed by atoms with Gasteiger partial charge in [0.1, 0.15) is 0 Å². The maximum absolute atomic E-state index is 12.2. The Morgan fingerprint density at radius 2 is 2.14 bits per heavy atom. The van der Waals surface area contributed by atoms with Crippen molar-refractivity contribution in [1.82, 2.24) is 15.2 Å². The van der Waals surface area contributed by atoms with Crippen molar-refractivity contribution in [3.8, 4) is 0 Å². The number of hydrogen-bond acceptors (Lipinski definition) is 4. The normalized spacial score (nSPS) is 15.4. The molecule has 1 amide bonds. The Balaban J connectivity index is 1.84. The summed E-state index contributed by atoms with van der Waals surface area (Å²) in [5, 5.41) is 6.04. The molecule has 5 nitrogen and oxygen atoms in total. The molecule has 1 fully saturated rings. The highest BCUT2D eigenvalue weighted by Crippen LogP contribution is 2.21. The summed E-state index contributed by atoms with van der Waals surface area (Å²) >= 11 is 0. The lowest BCUT2D eigenvalue weighted by Gasteiger charge is -2.24. The number of aromatic nitrogens is 1. The number of pyridine rings is 1. The van der Waals surface area contributed by atoms with E-state index >= 15 is 0 Å². The standard InChI is InChI=1S/C16H26N4O/c1-12-10-15(17-2)14(11-19-12)16(21)18-8-9-20(3)13-6-4-5-7-13/h10-11,13H,4-9H2,1-3H3,(H,17,19)(H,18,21). The number of rotatable bonds is 6. The summed E-state index contributed by atoms with van der Waals surface area (Å²) in [6, 6.07) is 2.58. The van der Waals surface area contributed by atoms with E-state index in [1.807, 2.05) is 20.0 Å². The fourth-order valence-electron chi connectivity index (χ4n) is 2.92. The van der Waals surface area contributed by atoms with E-state index in [1.54, 1.807) is 6.20 Å². The van der Waals surface area contributed by atoms with E-state index in [-0.39, 0.29) is 5.91 Å². The van der Waals surface area contributed by atoms with Gasteiger partial charge in [-0.3, -0.25) is 9.78 Å². The summed E-state index contributed by atoms with van der Waals surface area (Å²) in [7, 11) is 3.97. The van der Waals surface area contributed by atoms with Gasteiger partial charge >= 0.3 is 0 Å². The Bertz CT molecular complexity index is 483. The average molecular weight is 290 g/mol. The van der Waals surface area contributed by atoms with Gasteiger partial charge in [-0.15, -0.1) is 0 Å². The number of likely N-dealkylation sites (N-methyl/N-ethyl adjacent to an activating group) is 1. The quantitative estimate of drug-likeness (QED) is 0.842. The summed E-state index contributed by atoms with van der Waals surface area (Å²) in [6.07, 6.45) is 6.88. The van der Waals surface area contributed by atoms with Crippen molar-refractivity contribution in [2.75, 3.05) is 32.5 Å². The van der Waals surface area contributed by atoms with Crippen LogP contribution in [0.15, 0.2) is 12.3 Å². The first kappa shape index (κ1) is 15.8. The molecule has 21 heavy (non-hydrogen) atoms. The lowest BCUT2D eigenvalue weighted by molar-refractivity contribution is 0.0947. The molecule has 0 radical (unpaired) electrons. The second-order valence-electron chi connectivity index (χ2n) is 5.80. The van der Waals surface area contributed by atoms with Crippen molar-refractivity contribution >= 4 is 11.6 Å². The monoisotopic (exact) mass is 290 g/mol. The van der Waals surface area contributed by atoms with Crippen LogP contribution in [0.1, 0.15) is 41.7 Å². The molecular formula is C16H26N4O. The molecule has 2 N–H and O–H groups in total. The third kappa shape index (κ3) is 4.17. The van der Waals surface area contributed by atoms with E-state index in [2.05, 4.69) is 27.6 Å². The predicted molar refractivity (Wildman–Crippen MR) is 85.7 cm³/mol. The van der Waals surface area contributed by atoms with Crippen LogP contribution in [0.2, 0.25) is 0 Å². The molecule has 1 aliphatic rings. The van der Waals surface area contributed by atoms with Crippen molar-refractivity contribution in [3.63, 3.8) is 0 Å². The Morgan fingerprint density at radius 1 is 1.43 bits per heavy atom. The summed E-state index contributed by atoms with van der Waals surface area (Å²) in [5.41, 5.74) is 2.33. The number of aryl methyl sites for hydroxylation is 1. The molecule has 0 aromatic carbocycles. The topological polar surface area (TPSA) is 57.3 Å². The summed E-state index contributed by atoms with van der Waals surface area (Å²) in [6.45, 7) is 3.48. The minimum atomic E-state index is -0.0633. The van der Waals surface area contributed by atoms with Gasteiger partial charge < -0.3 is 15.5 Å². The molecule has 2 rings (SSSR count). The number of carbonyl (C=O) groups is 1.